The van der Waals surface area contributed by atoms with E-state index >= 15 is 0 Å². The van der Waals surface area contributed by atoms with E-state index in [4.69, 9.17) is 0 Å². The number of phenolic OH excluding ortho intramolecular Hbond substituents is 1. The van der Waals surface area contributed by atoms with Crippen LogP contribution in [0.1, 0.15) is 23.3 Å². The number of phenols is 1. The fourth-order valence-electron chi connectivity index (χ4n) is 4.29. The molecular formula is C28H21F3N2O3S. The lowest BCUT2D eigenvalue weighted by molar-refractivity contribution is -0.123. The Hall–Kier alpha value is -3.82. The van der Waals surface area contributed by atoms with Gasteiger partial charge in [0.2, 0.25) is 5.91 Å². The quantitative estimate of drug-likeness (QED) is 0.301. The molecule has 0 bridgehead atoms. The van der Waals surface area contributed by atoms with Gasteiger partial charge in [-0.1, -0.05) is 36.4 Å². The van der Waals surface area contributed by atoms with Crippen LogP contribution in [0.3, 0.4) is 0 Å². The molecule has 4 aromatic rings. The lowest BCUT2D eigenvalue weighted by atomic mass is 9.92. The Morgan fingerprint density at radius 3 is 2.24 bits per heavy atom. The van der Waals surface area contributed by atoms with E-state index < -0.39 is 28.8 Å². The Labute approximate surface area is 215 Å². The second-order valence-corrected chi connectivity index (χ2v) is 9.77. The number of carbonyl (C=O) groups is 1. The number of aromatic nitrogens is 1. The molecule has 9 heteroatoms. The summed E-state index contributed by atoms with van der Waals surface area (Å²) in [4.78, 5) is 18.7. The number of rotatable bonds is 7. The number of hydrogen-bond donors (Lipinski definition) is 2. The summed E-state index contributed by atoms with van der Waals surface area (Å²) < 4.78 is 40.6. The van der Waals surface area contributed by atoms with Crippen LogP contribution in [-0.4, -0.2) is 32.1 Å². The highest BCUT2D eigenvalue weighted by atomic mass is 32.2. The van der Waals surface area contributed by atoms with Crippen molar-refractivity contribution >= 4 is 23.4 Å². The van der Waals surface area contributed by atoms with E-state index in [1.165, 1.54) is 48.2 Å². The molecule has 1 saturated heterocycles. The van der Waals surface area contributed by atoms with Gasteiger partial charge in [-0.3, -0.25) is 9.78 Å². The van der Waals surface area contributed by atoms with Gasteiger partial charge in [0.25, 0.3) is 0 Å². The fourth-order valence-corrected chi connectivity index (χ4v) is 5.59. The van der Waals surface area contributed by atoms with Crippen LogP contribution < -0.4 is 4.90 Å². The molecule has 5 nitrogen and oxygen atoms in total. The van der Waals surface area contributed by atoms with E-state index in [1.54, 1.807) is 41.3 Å². The van der Waals surface area contributed by atoms with Crippen molar-refractivity contribution < 1.29 is 28.2 Å². The maximum Gasteiger partial charge on any atom is 0.243 e. The predicted octanol–water partition coefficient (Wildman–Crippen LogP) is 5.79. The predicted molar refractivity (Wildman–Crippen MR) is 136 cm³/mol. The molecule has 1 amide bonds. The zero-order valence-corrected chi connectivity index (χ0v) is 20.1. The van der Waals surface area contributed by atoms with Gasteiger partial charge in [0.15, 0.2) is 5.82 Å². The number of halogens is 3. The number of aromatic hydroxyl groups is 1. The molecule has 2 N–H and O–H groups in total. The molecule has 3 atom stereocenters. The van der Waals surface area contributed by atoms with Gasteiger partial charge < -0.3 is 15.1 Å². The Balaban J connectivity index is 1.38. The minimum atomic E-state index is -0.884. The molecule has 2 heterocycles. The highest BCUT2D eigenvalue weighted by molar-refractivity contribution is 8.00. The fraction of sp³-hybridized carbons (Fsp3) is 0.143. The van der Waals surface area contributed by atoms with Crippen LogP contribution in [0.4, 0.5) is 18.9 Å². The van der Waals surface area contributed by atoms with Gasteiger partial charge in [-0.15, -0.1) is 11.8 Å². The molecule has 0 saturated carbocycles. The van der Waals surface area contributed by atoms with E-state index in [0.29, 0.717) is 16.8 Å². The van der Waals surface area contributed by atoms with Crippen LogP contribution >= 0.6 is 11.8 Å². The SMILES string of the molecule is O=C1[C@H](SC[C@H](O)c2ccc(F)cc2)[C@@H](c2ccc(O)cc2)N1c1ccc(-c2ncc(F)cc2F)cc1. The Morgan fingerprint density at radius 2 is 1.59 bits per heavy atom. The number of hydrogen-bond acceptors (Lipinski definition) is 5. The van der Waals surface area contributed by atoms with E-state index in [0.717, 1.165) is 17.8 Å². The van der Waals surface area contributed by atoms with Gasteiger partial charge in [0.05, 0.1) is 18.3 Å². The number of β-lactam (4-membered cyclic amide) rings is 1. The first-order valence-corrected chi connectivity index (χ1v) is 12.5. The van der Waals surface area contributed by atoms with E-state index in [9.17, 15) is 28.2 Å². The molecule has 5 rings (SSSR count). The first-order chi connectivity index (χ1) is 17.8. The molecular weight excluding hydrogens is 501 g/mol. The third-order valence-electron chi connectivity index (χ3n) is 6.20. The average molecular weight is 523 g/mol. The second kappa shape index (κ2) is 10.3. The molecule has 3 aromatic carbocycles. The van der Waals surface area contributed by atoms with Crippen molar-refractivity contribution in [1.29, 1.82) is 0 Å². The molecule has 1 aromatic heterocycles. The molecule has 0 unspecified atom stereocenters. The number of nitrogens with zero attached hydrogens (tertiary/aromatic N) is 2. The summed E-state index contributed by atoms with van der Waals surface area (Å²) in [5, 5.41) is 19.8. The van der Waals surface area contributed by atoms with Gasteiger partial charge in [-0.2, -0.15) is 0 Å². The third-order valence-corrected chi connectivity index (χ3v) is 7.52. The first-order valence-electron chi connectivity index (χ1n) is 11.4. The van der Waals surface area contributed by atoms with Gasteiger partial charge in [0, 0.05) is 23.1 Å². The lowest BCUT2D eigenvalue weighted by Crippen LogP contribution is -2.57. The summed E-state index contributed by atoms with van der Waals surface area (Å²) in [6, 6.07) is 19.0. The molecule has 37 heavy (non-hydrogen) atoms. The minimum Gasteiger partial charge on any atom is -0.508 e. The van der Waals surface area contributed by atoms with Gasteiger partial charge in [0.1, 0.15) is 28.3 Å². The Kier molecular flexibility index (Phi) is 6.90. The lowest BCUT2D eigenvalue weighted by Gasteiger charge is -2.47. The topological polar surface area (TPSA) is 73.7 Å². The van der Waals surface area contributed by atoms with Crippen LogP contribution in [0.25, 0.3) is 11.3 Å². The summed E-state index contributed by atoms with van der Waals surface area (Å²) in [5.74, 6) is -1.81. The normalized spacial score (nSPS) is 17.9. The number of pyridine rings is 1. The van der Waals surface area contributed by atoms with E-state index in [2.05, 4.69) is 4.98 Å². The smallest absolute Gasteiger partial charge is 0.243 e. The van der Waals surface area contributed by atoms with Crippen molar-refractivity contribution in [1.82, 2.24) is 4.98 Å². The summed E-state index contributed by atoms with van der Waals surface area (Å²) in [6.07, 6.45) is 0.0548. The molecule has 1 fully saturated rings. The standard InChI is InChI=1S/C28H21F3N2O3S/c29-19-7-1-16(2-8-19)24(35)15-37-27-26(18-5-11-22(34)12-6-18)33(28(27)36)21-9-3-17(4-10-21)25-23(31)13-20(30)14-32-25/h1-14,24,26-27,34-35H,15H2/t24-,26+,27+/m0/s1. The number of amides is 1. The van der Waals surface area contributed by atoms with Crippen LogP contribution in [-0.2, 0) is 4.79 Å². The first kappa shape index (κ1) is 24.9. The number of benzene rings is 3. The van der Waals surface area contributed by atoms with E-state index in [-0.39, 0.29) is 29.1 Å². The number of anilines is 1. The maximum atomic E-state index is 14.2. The monoisotopic (exact) mass is 522 g/mol. The highest BCUT2D eigenvalue weighted by Crippen LogP contribution is 2.46. The van der Waals surface area contributed by atoms with Crippen molar-refractivity contribution in [2.75, 3.05) is 10.7 Å². The minimum absolute atomic E-state index is 0.00110. The molecule has 1 aliphatic heterocycles. The van der Waals surface area contributed by atoms with Crippen molar-refractivity contribution in [3.63, 3.8) is 0 Å². The maximum absolute atomic E-state index is 14.2. The van der Waals surface area contributed by atoms with Gasteiger partial charge in [-0.25, -0.2) is 13.2 Å². The van der Waals surface area contributed by atoms with Crippen molar-refractivity contribution in [3.05, 3.63) is 114 Å². The molecule has 188 valence electrons. The van der Waals surface area contributed by atoms with Crippen LogP contribution in [0.5, 0.6) is 5.75 Å². The van der Waals surface area contributed by atoms with Crippen LogP contribution in [0.15, 0.2) is 85.1 Å². The largest absolute Gasteiger partial charge is 0.508 e. The Bertz CT molecular complexity index is 1420. The summed E-state index contributed by atoms with van der Waals surface area (Å²) >= 11 is 1.29. The number of aliphatic hydroxyl groups excluding tert-OH is 1. The molecule has 1 aliphatic rings. The molecule has 0 aliphatic carbocycles. The number of carbonyl (C=O) groups excluding carboxylic acids is 1. The highest BCUT2D eigenvalue weighted by Gasteiger charge is 2.49. The van der Waals surface area contributed by atoms with Crippen molar-refractivity contribution in [2.24, 2.45) is 0 Å². The second-order valence-electron chi connectivity index (χ2n) is 8.60. The van der Waals surface area contributed by atoms with Crippen LogP contribution in [0.2, 0.25) is 0 Å². The summed E-state index contributed by atoms with van der Waals surface area (Å²) in [6.45, 7) is 0. The van der Waals surface area contributed by atoms with Gasteiger partial charge >= 0.3 is 0 Å². The average Bonchev–Trinajstić information content (AvgIpc) is 2.89. The van der Waals surface area contributed by atoms with Crippen molar-refractivity contribution in [3.8, 4) is 17.0 Å². The number of thioether (sulfide) groups is 1. The zero-order chi connectivity index (χ0) is 26.1. The Morgan fingerprint density at radius 1 is 0.919 bits per heavy atom. The number of aliphatic hydroxyl groups is 1. The summed E-state index contributed by atoms with van der Waals surface area (Å²) in [5.41, 5.74) is 2.35. The molecule has 0 spiro atoms. The zero-order valence-electron chi connectivity index (χ0n) is 19.3. The van der Waals surface area contributed by atoms with Crippen LogP contribution in [0, 0.1) is 17.5 Å². The van der Waals surface area contributed by atoms with Crippen molar-refractivity contribution in [2.45, 2.75) is 17.4 Å². The molecule has 0 radical (unpaired) electrons. The van der Waals surface area contributed by atoms with E-state index in [1.807, 2.05) is 0 Å². The van der Waals surface area contributed by atoms with Gasteiger partial charge in [-0.05, 0) is 47.5 Å². The third kappa shape index (κ3) is 5.05. The summed E-state index contributed by atoms with van der Waals surface area (Å²) in [7, 11) is 0.